The number of aliphatic hydroxyl groups is 2. The van der Waals surface area contributed by atoms with E-state index in [4.69, 9.17) is 19.5 Å². The Morgan fingerprint density at radius 2 is 1.00 bits per heavy atom. The summed E-state index contributed by atoms with van der Waals surface area (Å²) in [6.45, 7) is 37.6. The normalized spacial score (nSPS) is 7.40. The second kappa shape index (κ2) is 80.5. The summed E-state index contributed by atoms with van der Waals surface area (Å²) in [5.41, 5.74) is 0. The molecule has 8 heteroatoms. The highest BCUT2D eigenvalue weighted by molar-refractivity contribution is 7.80. The molecule has 0 heterocycles. The minimum Gasteiger partial charge on any atom is -0.394 e. The molecule has 0 fully saturated rings. The zero-order chi connectivity index (χ0) is 26.3. The number of aliphatic hydroxyl groups excluding tert-OH is 2. The molecule has 0 unspecified atom stereocenters. The van der Waals surface area contributed by atoms with Gasteiger partial charge in [0.05, 0.1) is 19.8 Å². The van der Waals surface area contributed by atoms with Gasteiger partial charge in [-0.25, -0.2) is 4.18 Å². The van der Waals surface area contributed by atoms with E-state index in [1.807, 2.05) is 13.8 Å². The van der Waals surface area contributed by atoms with Gasteiger partial charge in [-0.2, -0.15) is 8.42 Å². The molecule has 0 aliphatic heterocycles. The summed E-state index contributed by atoms with van der Waals surface area (Å²) < 4.78 is 37.1. The smallest absolute Gasteiger partial charge is 0.394 e. The fourth-order valence-corrected chi connectivity index (χ4v) is 1.23. The first-order valence-corrected chi connectivity index (χ1v) is 10.7. The van der Waals surface area contributed by atoms with E-state index in [0.717, 1.165) is 32.5 Å². The molecule has 0 aliphatic carbocycles. The molecule has 0 aromatic heterocycles. The average molecular weight is 459 g/mol. The van der Waals surface area contributed by atoms with Gasteiger partial charge in [0.25, 0.3) is 0 Å². The Bertz CT molecular complexity index is 295. The summed E-state index contributed by atoms with van der Waals surface area (Å²) in [4.78, 5) is 0. The Morgan fingerprint density at radius 3 is 1.17 bits per heavy atom. The fraction of sp³-hybridized carbons (Fsp3) is 0.545. The zero-order valence-corrected chi connectivity index (χ0v) is 20.6. The fourth-order valence-electron chi connectivity index (χ4n) is 0.897. The number of unbranched alkanes of at least 4 members (excludes halogenated alkanes) is 3. The lowest BCUT2D eigenvalue weighted by Gasteiger charge is -1.98. The Balaban J connectivity index is -0.0000000359. The SMILES string of the molecule is C=C.C=C.C=C.C=C.C=C.CCCCCCOS(=O)(=O)O.CCOCC.OCCO. The maximum Gasteiger partial charge on any atom is 0.397 e. The van der Waals surface area contributed by atoms with Crippen LogP contribution >= 0.6 is 0 Å². The molecule has 0 spiro atoms. The topological polar surface area (TPSA) is 113 Å². The summed E-state index contributed by atoms with van der Waals surface area (Å²) in [6.07, 6.45) is 3.76. The van der Waals surface area contributed by atoms with Crippen LogP contribution in [-0.4, -0.2) is 56.2 Å². The van der Waals surface area contributed by atoms with Crippen molar-refractivity contribution in [3.05, 3.63) is 65.8 Å². The van der Waals surface area contributed by atoms with Crippen molar-refractivity contribution in [2.45, 2.75) is 46.5 Å². The van der Waals surface area contributed by atoms with Crippen LogP contribution < -0.4 is 0 Å². The van der Waals surface area contributed by atoms with Gasteiger partial charge in [0, 0.05) is 13.2 Å². The third-order valence-corrected chi connectivity index (χ3v) is 2.20. The van der Waals surface area contributed by atoms with E-state index in [1.54, 1.807) is 0 Å². The highest BCUT2D eigenvalue weighted by atomic mass is 32.3. The molecule has 0 aromatic rings. The van der Waals surface area contributed by atoms with Crippen molar-refractivity contribution in [1.29, 1.82) is 0 Å². The molecule has 186 valence electrons. The van der Waals surface area contributed by atoms with Gasteiger partial charge in [-0.15, -0.1) is 65.8 Å². The van der Waals surface area contributed by atoms with Crippen LogP contribution in [0.15, 0.2) is 65.8 Å². The Labute approximate surface area is 188 Å². The third-order valence-electron chi connectivity index (χ3n) is 1.74. The van der Waals surface area contributed by atoms with Gasteiger partial charge in [0.2, 0.25) is 0 Å². The first-order chi connectivity index (χ1) is 14.4. The lowest BCUT2D eigenvalue weighted by atomic mass is 10.2. The summed E-state index contributed by atoms with van der Waals surface area (Å²) in [7, 11) is -4.21. The van der Waals surface area contributed by atoms with Gasteiger partial charge in [-0.1, -0.05) is 26.2 Å². The molecule has 0 radical (unpaired) electrons. The van der Waals surface area contributed by atoms with Crippen molar-refractivity contribution in [2.75, 3.05) is 33.0 Å². The first-order valence-electron chi connectivity index (χ1n) is 9.30. The Morgan fingerprint density at radius 1 is 0.667 bits per heavy atom. The van der Waals surface area contributed by atoms with E-state index >= 15 is 0 Å². The first kappa shape index (κ1) is 51.3. The van der Waals surface area contributed by atoms with Gasteiger partial charge in [-0.3, -0.25) is 4.55 Å². The van der Waals surface area contributed by atoms with Gasteiger partial charge >= 0.3 is 10.4 Å². The Hall–Kier alpha value is -1.55. The molecule has 0 saturated heterocycles. The molecule has 0 saturated carbocycles. The molecule has 30 heavy (non-hydrogen) atoms. The summed E-state index contributed by atoms with van der Waals surface area (Å²) in [5.74, 6) is 0. The molecule has 7 nitrogen and oxygen atoms in total. The summed E-state index contributed by atoms with van der Waals surface area (Å²) in [6, 6.07) is 0. The van der Waals surface area contributed by atoms with Crippen molar-refractivity contribution in [3.8, 4) is 0 Å². The van der Waals surface area contributed by atoms with Crippen LogP contribution in [0.25, 0.3) is 0 Å². The molecule has 0 aromatic carbocycles. The predicted molar refractivity (Wildman–Crippen MR) is 134 cm³/mol. The maximum atomic E-state index is 10.00. The third kappa shape index (κ3) is 192. The van der Waals surface area contributed by atoms with Crippen molar-refractivity contribution < 1.29 is 32.1 Å². The monoisotopic (exact) mass is 458 g/mol. The van der Waals surface area contributed by atoms with E-state index in [-0.39, 0.29) is 19.8 Å². The van der Waals surface area contributed by atoms with Crippen molar-refractivity contribution in [3.63, 3.8) is 0 Å². The quantitative estimate of drug-likeness (QED) is 0.240. The number of ether oxygens (including phenoxy) is 1. The summed E-state index contributed by atoms with van der Waals surface area (Å²) >= 11 is 0. The van der Waals surface area contributed by atoms with E-state index in [1.165, 1.54) is 0 Å². The van der Waals surface area contributed by atoms with E-state index in [2.05, 4.69) is 76.9 Å². The number of hydrogen-bond donors (Lipinski definition) is 3. The molecule has 0 rings (SSSR count). The second-order valence-electron chi connectivity index (χ2n) is 3.54. The van der Waals surface area contributed by atoms with E-state index in [9.17, 15) is 8.42 Å². The number of hydrogen-bond acceptors (Lipinski definition) is 6. The lowest BCUT2D eigenvalue weighted by molar-refractivity contribution is 0.162. The zero-order valence-electron chi connectivity index (χ0n) is 19.8. The van der Waals surface area contributed by atoms with E-state index in [0.29, 0.717) is 6.42 Å². The minimum atomic E-state index is -4.21. The molecule has 3 N–H and O–H groups in total. The van der Waals surface area contributed by atoms with Gasteiger partial charge in [0.15, 0.2) is 0 Å². The largest absolute Gasteiger partial charge is 0.397 e. The highest BCUT2D eigenvalue weighted by Crippen LogP contribution is 1.99. The highest BCUT2D eigenvalue weighted by Gasteiger charge is 2.01. The molecular formula is C22H50O7S. The summed E-state index contributed by atoms with van der Waals surface area (Å²) in [5, 5.41) is 15.2. The van der Waals surface area contributed by atoms with Crippen LogP contribution in [-0.2, 0) is 19.3 Å². The predicted octanol–water partition coefficient (Wildman–Crippen LogP) is 5.41. The van der Waals surface area contributed by atoms with Gasteiger partial charge in [0.1, 0.15) is 0 Å². The van der Waals surface area contributed by atoms with Crippen molar-refractivity contribution in [1.82, 2.24) is 0 Å². The molecule has 0 bridgehead atoms. The van der Waals surface area contributed by atoms with Crippen LogP contribution in [0.3, 0.4) is 0 Å². The van der Waals surface area contributed by atoms with Crippen LogP contribution in [0, 0.1) is 0 Å². The molecule has 0 aliphatic rings. The standard InChI is InChI=1S/C6H14O4S.C4H10O.C2H6O2.5C2H4/c1-2-3-4-5-6-10-11(7,8)9;1-3-5-4-2;3-1-2-4;5*1-2/h2-6H2,1H3,(H,7,8,9);3-4H2,1-2H3;3-4H,1-2H2;5*1-2H2. The Kier molecular flexibility index (Phi) is 137. The van der Waals surface area contributed by atoms with Crippen LogP contribution in [0.2, 0.25) is 0 Å². The lowest BCUT2D eigenvalue weighted by Crippen LogP contribution is -2.04. The molecule has 0 atom stereocenters. The van der Waals surface area contributed by atoms with E-state index < -0.39 is 10.4 Å². The maximum absolute atomic E-state index is 10.00. The van der Waals surface area contributed by atoms with Crippen LogP contribution in [0.4, 0.5) is 0 Å². The van der Waals surface area contributed by atoms with Crippen molar-refractivity contribution >= 4 is 10.4 Å². The van der Waals surface area contributed by atoms with Gasteiger partial charge in [-0.05, 0) is 20.3 Å². The second-order valence-corrected chi connectivity index (χ2v) is 4.63. The average Bonchev–Trinajstić information content (AvgIpc) is 2.81. The molecule has 0 amide bonds. The van der Waals surface area contributed by atoms with Crippen LogP contribution in [0.5, 0.6) is 0 Å². The van der Waals surface area contributed by atoms with Crippen LogP contribution in [0.1, 0.15) is 46.5 Å². The van der Waals surface area contributed by atoms with Gasteiger partial charge < -0.3 is 14.9 Å². The molecular weight excluding hydrogens is 408 g/mol. The number of rotatable bonds is 9. The minimum absolute atomic E-state index is 0.0822. The van der Waals surface area contributed by atoms with Crippen molar-refractivity contribution in [2.24, 2.45) is 0 Å².